The van der Waals surface area contributed by atoms with E-state index < -0.39 is 5.97 Å². The summed E-state index contributed by atoms with van der Waals surface area (Å²) < 4.78 is 0. The predicted octanol–water partition coefficient (Wildman–Crippen LogP) is 2.41. The number of carbonyl (C=O) groups is 1. The molecule has 0 aliphatic heterocycles. The molecule has 1 rings (SSSR count). The van der Waals surface area contributed by atoms with E-state index in [1.54, 1.807) is 12.1 Å². The second-order valence-corrected chi connectivity index (χ2v) is 2.05. The zero-order valence-electron chi connectivity index (χ0n) is 8.23. The fourth-order valence-electron chi connectivity index (χ4n) is 0.760. The van der Waals surface area contributed by atoms with Crippen molar-refractivity contribution >= 4 is 12.7 Å². The molecule has 0 aromatic heterocycles. The molecule has 4 nitrogen and oxygen atoms in total. The lowest BCUT2D eigenvalue weighted by molar-refractivity contribution is 0.0696. The quantitative estimate of drug-likeness (QED) is 0.595. The van der Waals surface area contributed by atoms with Crippen molar-refractivity contribution in [1.29, 1.82) is 0 Å². The lowest BCUT2D eigenvalue weighted by Gasteiger charge is -1.97. The van der Waals surface area contributed by atoms with Crippen molar-refractivity contribution in [3.8, 4) is 5.75 Å². The fraction of sp³-hybridized carbons (Fsp3) is 0.200. The van der Waals surface area contributed by atoms with Crippen LogP contribution in [0.25, 0.3) is 0 Å². The maximum Gasteiger partial charge on any atom is 0.335 e. The zero-order chi connectivity index (χ0) is 11.0. The number of carboxylic acids is 1. The SMILES string of the molecule is C=NOc1cccc(C(=O)O)c1.CC. The minimum absolute atomic E-state index is 0.163. The van der Waals surface area contributed by atoms with E-state index in [2.05, 4.69) is 16.7 Å². The molecule has 0 radical (unpaired) electrons. The number of aromatic carboxylic acids is 1. The maximum absolute atomic E-state index is 10.5. The number of hydrogen-bond donors (Lipinski definition) is 1. The van der Waals surface area contributed by atoms with Crippen molar-refractivity contribution in [3.05, 3.63) is 29.8 Å². The normalized spacial score (nSPS) is 8.14. The van der Waals surface area contributed by atoms with Crippen LogP contribution in [0, 0.1) is 0 Å². The Morgan fingerprint density at radius 2 is 2.14 bits per heavy atom. The minimum atomic E-state index is -0.996. The lowest BCUT2D eigenvalue weighted by atomic mass is 10.2. The van der Waals surface area contributed by atoms with Crippen molar-refractivity contribution in [2.45, 2.75) is 13.8 Å². The lowest BCUT2D eigenvalue weighted by Crippen LogP contribution is -1.95. The summed E-state index contributed by atoms with van der Waals surface area (Å²) in [6, 6.07) is 6.01. The van der Waals surface area contributed by atoms with Gasteiger partial charge in [0.05, 0.1) is 5.56 Å². The Balaban J connectivity index is 0.000000791. The van der Waals surface area contributed by atoms with Crippen molar-refractivity contribution in [2.75, 3.05) is 0 Å². The van der Waals surface area contributed by atoms with Gasteiger partial charge in [0.15, 0.2) is 5.75 Å². The monoisotopic (exact) mass is 195 g/mol. The van der Waals surface area contributed by atoms with E-state index in [-0.39, 0.29) is 5.56 Å². The molecule has 4 heteroatoms. The number of benzene rings is 1. The first kappa shape index (κ1) is 12.2. The van der Waals surface area contributed by atoms with Gasteiger partial charge >= 0.3 is 5.97 Å². The smallest absolute Gasteiger partial charge is 0.335 e. The van der Waals surface area contributed by atoms with Crippen molar-refractivity contribution in [3.63, 3.8) is 0 Å². The number of oxime groups is 1. The van der Waals surface area contributed by atoms with Gasteiger partial charge in [-0.25, -0.2) is 4.79 Å². The summed E-state index contributed by atoms with van der Waals surface area (Å²) in [4.78, 5) is 15.1. The second kappa shape index (κ2) is 6.65. The Morgan fingerprint density at radius 1 is 1.50 bits per heavy atom. The van der Waals surface area contributed by atoms with Crippen LogP contribution in [-0.2, 0) is 0 Å². The van der Waals surface area contributed by atoms with Crippen LogP contribution in [-0.4, -0.2) is 17.8 Å². The van der Waals surface area contributed by atoms with Gasteiger partial charge in [-0.05, 0) is 18.2 Å². The molecule has 0 atom stereocenters. The number of carboxylic acid groups (broad SMARTS) is 1. The predicted molar refractivity (Wildman–Crippen MR) is 54.9 cm³/mol. The van der Waals surface area contributed by atoms with Crippen LogP contribution in [0.1, 0.15) is 24.2 Å². The van der Waals surface area contributed by atoms with Gasteiger partial charge in [0, 0.05) is 6.72 Å². The average molecular weight is 195 g/mol. The van der Waals surface area contributed by atoms with Gasteiger partial charge in [0.25, 0.3) is 0 Å². The largest absolute Gasteiger partial charge is 0.478 e. The Bertz CT molecular complexity index is 310. The maximum atomic E-state index is 10.5. The van der Waals surface area contributed by atoms with E-state index in [1.165, 1.54) is 12.1 Å². The summed E-state index contributed by atoms with van der Waals surface area (Å²) in [5.74, 6) is -0.630. The molecule has 0 fully saturated rings. The standard InChI is InChI=1S/C8H7NO3.C2H6/c1-9-12-7-4-2-3-6(5-7)8(10)11;1-2/h2-5H,1H2,(H,10,11);1-2H3. The van der Waals surface area contributed by atoms with E-state index in [4.69, 9.17) is 5.11 Å². The third-order valence-corrected chi connectivity index (χ3v) is 1.25. The molecule has 0 unspecified atom stereocenters. The first-order valence-electron chi connectivity index (χ1n) is 4.20. The van der Waals surface area contributed by atoms with Crippen molar-refractivity contribution < 1.29 is 14.7 Å². The highest BCUT2D eigenvalue weighted by Gasteiger charge is 2.02. The molecule has 0 heterocycles. The van der Waals surface area contributed by atoms with Gasteiger partial charge in [-0.3, -0.25) is 0 Å². The van der Waals surface area contributed by atoms with Crippen LogP contribution in [0.5, 0.6) is 5.75 Å². The molecule has 0 aliphatic carbocycles. The summed E-state index contributed by atoms with van der Waals surface area (Å²) in [5, 5.41) is 11.7. The van der Waals surface area contributed by atoms with Gasteiger partial charge in [0.1, 0.15) is 0 Å². The molecule has 14 heavy (non-hydrogen) atoms. The number of nitrogens with zero attached hydrogens (tertiary/aromatic N) is 1. The Labute approximate surface area is 82.8 Å². The molecular weight excluding hydrogens is 182 g/mol. The van der Waals surface area contributed by atoms with Crippen LogP contribution >= 0.6 is 0 Å². The summed E-state index contributed by atoms with van der Waals surface area (Å²) in [5.41, 5.74) is 0.163. The van der Waals surface area contributed by atoms with Crippen LogP contribution in [0.4, 0.5) is 0 Å². The average Bonchev–Trinajstić information content (AvgIpc) is 2.22. The molecule has 0 saturated carbocycles. The summed E-state index contributed by atoms with van der Waals surface area (Å²) in [6.07, 6.45) is 0. The Kier molecular flexibility index (Phi) is 5.78. The molecule has 0 spiro atoms. The highest BCUT2D eigenvalue weighted by Crippen LogP contribution is 2.12. The minimum Gasteiger partial charge on any atom is -0.478 e. The zero-order valence-corrected chi connectivity index (χ0v) is 8.23. The molecule has 0 saturated heterocycles. The fourth-order valence-corrected chi connectivity index (χ4v) is 0.760. The van der Waals surface area contributed by atoms with E-state index in [0.29, 0.717) is 5.75 Å². The molecular formula is C10H13NO3. The summed E-state index contributed by atoms with van der Waals surface area (Å²) in [6.45, 7) is 7.11. The van der Waals surface area contributed by atoms with Crippen molar-refractivity contribution in [2.24, 2.45) is 5.16 Å². The molecule has 1 aromatic rings. The molecule has 0 bridgehead atoms. The topological polar surface area (TPSA) is 58.9 Å². The highest BCUT2D eigenvalue weighted by atomic mass is 16.6. The third kappa shape index (κ3) is 3.71. The molecule has 0 aliphatic rings. The highest BCUT2D eigenvalue weighted by molar-refractivity contribution is 5.87. The second-order valence-electron chi connectivity index (χ2n) is 2.05. The van der Waals surface area contributed by atoms with Crippen LogP contribution < -0.4 is 4.84 Å². The third-order valence-electron chi connectivity index (χ3n) is 1.25. The summed E-state index contributed by atoms with van der Waals surface area (Å²) >= 11 is 0. The van der Waals surface area contributed by atoms with Gasteiger partial charge in [-0.1, -0.05) is 25.1 Å². The molecule has 1 aromatic carbocycles. The van der Waals surface area contributed by atoms with Gasteiger partial charge in [-0.15, -0.1) is 0 Å². The number of rotatable bonds is 3. The van der Waals surface area contributed by atoms with Crippen LogP contribution in [0.3, 0.4) is 0 Å². The Morgan fingerprint density at radius 3 is 2.64 bits per heavy atom. The first-order chi connectivity index (χ1) is 6.74. The van der Waals surface area contributed by atoms with E-state index in [0.717, 1.165) is 0 Å². The molecule has 1 N–H and O–H groups in total. The van der Waals surface area contributed by atoms with Crippen LogP contribution in [0.2, 0.25) is 0 Å². The van der Waals surface area contributed by atoms with Gasteiger partial charge in [0.2, 0.25) is 0 Å². The van der Waals surface area contributed by atoms with Crippen LogP contribution in [0.15, 0.2) is 29.4 Å². The van der Waals surface area contributed by atoms with Crippen molar-refractivity contribution in [1.82, 2.24) is 0 Å². The summed E-state index contributed by atoms with van der Waals surface area (Å²) in [7, 11) is 0. The Hall–Kier alpha value is -1.84. The van der Waals surface area contributed by atoms with E-state index in [9.17, 15) is 4.79 Å². The van der Waals surface area contributed by atoms with Gasteiger partial charge < -0.3 is 9.94 Å². The molecule has 0 amide bonds. The van der Waals surface area contributed by atoms with Gasteiger partial charge in [-0.2, -0.15) is 0 Å². The van der Waals surface area contributed by atoms with E-state index >= 15 is 0 Å². The number of hydrogen-bond acceptors (Lipinski definition) is 3. The van der Waals surface area contributed by atoms with E-state index in [1.807, 2.05) is 13.8 Å². The molecule has 76 valence electrons. The first-order valence-corrected chi connectivity index (χ1v) is 4.20.